The Morgan fingerprint density at radius 1 is 0.271 bits per heavy atom. The summed E-state index contributed by atoms with van der Waals surface area (Å²) in [4.78, 5) is 10.2. The average Bonchev–Trinajstić information content (AvgIpc) is 3.65. The van der Waals surface area contributed by atoms with Gasteiger partial charge in [0.05, 0.1) is 22.4 Å². The number of benzene rings is 9. The molecule has 0 unspecified atom stereocenters. The van der Waals surface area contributed by atoms with Crippen LogP contribution in [0.5, 0.6) is 0 Å². The molecule has 11 rings (SSSR count). The van der Waals surface area contributed by atoms with Gasteiger partial charge in [-0.2, -0.15) is 0 Å². The van der Waals surface area contributed by atoms with E-state index in [1.165, 1.54) is 55.0 Å². The molecule has 0 radical (unpaired) electrons. The fraction of sp³-hybridized carbons (Fsp3) is 0. The molecular formula is C56H37N3. The monoisotopic (exact) mass is 751 g/mol. The zero-order valence-electron chi connectivity index (χ0n) is 32.2. The lowest BCUT2D eigenvalue weighted by atomic mass is 9.93. The quantitative estimate of drug-likeness (QED) is 0.162. The summed E-state index contributed by atoms with van der Waals surface area (Å²) in [7, 11) is 0. The molecule has 276 valence electrons. The third-order valence-corrected chi connectivity index (χ3v) is 11.4. The Labute approximate surface area is 343 Å². The molecule has 0 aliphatic heterocycles. The van der Waals surface area contributed by atoms with E-state index in [0.29, 0.717) is 5.82 Å². The van der Waals surface area contributed by atoms with Crippen LogP contribution in [0.25, 0.3) is 106 Å². The van der Waals surface area contributed by atoms with Crippen LogP contribution in [0.15, 0.2) is 224 Å². The molecule has 2 heterocycles. The summed E-state index contributed by atoms with van der Waals surface area (Å²) in [5.74, 6) is 0.709. The van der Waals surface area contributed by atoms with Crippen LogP contribution >= 0.6 is 0 Å². The Morgan fingerprint density at radius 2 is 0.746 bits per heavy atom. The number of rotatable bonds is 7. The van der Waals surface area contributed by atoms with Gasteiger partial charge >= 0.3 is 0 Å². The average molecular weight is 752 g/mol. The van der Waals surface area contributed by atoms with Crippen molar-refractivity contribution in [2.75, 3.05) is 0 Å². The molecule has 0 spiro atoms. The number of fused-ring (bicyclic) bond motifs is 4. The highest BCUT2D eigenvalue weighted by atomic mass is 15.0. The SMILES string of the molecule is c1ccc(-c2ccc3c(c2)c2cc(-c4ccccc4)ccc2n3-c2cccc(-c3ccc(-c4cc(-c5ccccc5)nc(-c5ccccc5)n4)c4ccccc34)c2)cc1. The highest BCUT2D eigenvalue weighted by Gasteiger charge is 2.18. The molecular weight excluding hydrogens is 715 g/mol. The molecule has 3 nitrogen and oxygen atoms in total. The second-order valence-electron chi connectivity index (χ2n) is 15.0. The summed E-state index contributed by atoms with van der Waals surface area (Å²) in [6, 6.07) is 80.0. The van der Waals surface area contributed by atoms with Gasteiger partial charge in [0.2, 0.25) is 0 Å². The third kappa shape index (κ3) is 6.26. The van der Waals surface area contributed by atoms with E-state index in [1.54, 1.807) is 0 Å². The molecule has 0 saturated heterocycles. The van der Waals surface area contributed by atoms with E-state index >= 15 is 0 Å². The molecule has 0 aliphatic rings. The fourth-order valence-electron chi connectivity index (χ4n) is 8.57. The van der Waals surface area contributed by atoms with E-state index in [4.69, 9.17) is 9.97 Å². The lowest BCUT2D eigenvalue weighted by Crippen LogP contribution is -1.97. The molecule has 0 saturated carbocycles. The van der Waals surface area contributed by atoms with E-state index in [9.17, 15) is 0 Å². The lowest BCUT2D eigenvalue weighted by Gasteiger charge is -2.15. The van der Waals surface area contributed by atoms with Crippen molar-refractivity contribution >= 4 is 32.6 Å². The molecule has 9 aromatic carbocycles. The standard InChI is InChI=1S/C56H37N3/c1-5-16-38(17-6-1)42-28-32-54-50(35-42)51-36-43(39-18-7-2-8-19-39)29-33-55(51)59(54)45-25-15-24-44(34-45)46-30-31-49(48-27-14-13-26-47(46)48)53-37-52(40-20-9-3-10-21-40)57-56(58-53)41-22-11-4-12-23-41/h1-37H. The summed E-state index contributed by atoms with van der Waals surface area (Å²) < 4.78 is 2.42. The van der Waals surface area contributed by atoms with E-state index in [0.717, 1.165) is 44.7 Å². The first-order valence-corrected chi connectivity index (χ1v) is 20.1. The Balaban J connectivity index is 1.07. The van der Waals surface area contributed by atoms with Crippen molar-refractivity contribution in [1.29, 1.82) is 0 Å². The first-order valence-electron chi connectivity index (χ1n) is 20.1. The van der Waals surface area contributed by atoms with Crippen molar-refractivity contribution in [3.05, 3.63) is 224 Å². The molecule has 0 amide bonds. The molecule has 0 aliphatic carbocycles. The largest absolute Gasteiger partial charge is 0.309 e. The maximum Gasteiger partial charge on any atom is 0.160 e. The van der Waals surface area contributed by atoms with Crippen LogP contribution < -0.4 is 0 Å². The highest BCUT2D eigenvalue weighted by molar-refractivity contribution is 6.12. The van der Waals surface area contributed by atoms with E-state index in [1.807, 2.05) is 24.3 Å². The topological polar surface area (TPSA) is 30.7 Å². The van der Waals surface area contributed by atoms with Crippen molar-refractivity contribution in [1.82, 2.24) is 14.5 Å². The fourth-order valence-corrected chi connectivity index (χ4v) is 8.57. The molecule has 2 aromatic heterocycles. The minimum atomic E-state index is 0.709. The summed E-state index contributed by atoms with van der Waals surface area (Å²) in [6.45, 7) is 0. The number of hydrogen-bond acceptors (Lipinski definition) is 2. The zero-order valence-corrected chi connectivity index (χ0v) is 32.2. The van der Waals surface area contributed by atoms with Crippen molar-refractivity contribution < 1.29 is 0 Å². The third-order valence-electron chi connectivity index (χ3n) is 11.4. The predicted molar refractivity (Wildman–Crippen MR) is 246 cm³/mol. The Morgan fingerprint density at radius 3 is 1.34 bits per heavy atom. The number of nitrogens with zero attached hydrogens (tertiary/aromatic N) is 3. The van der Waals surface area contributed by atoms with Crippen molar-refractivity contribution in [2.24, 2.45) is 0 Å². The molecule has 59 heavy (non-hydrogen) atoms. The maximum atomic E-state index is 5.19. The van der Waals surface area contributed by atoms with Gasteiger partial charge in [-0.15, -0.1) is 0 Å². The number of hydrogen-bond donors (Lipinski definition) is 0. The molecule has 0 N–H and O–H groups in total. The van der Waals surface area contributed by atoms with E-state index in [-0.39, 0.29) is 0 Å². The first-order chi connectivity index (χ1) is 29.2. The van der Waals surface area contributed by atoms with Gasteiger partial charge in [-0.1, -0.05) is 182 Å². The second-order valence-corrected chi connectivity index (χ2v) is 15.0. The summed E-state index contributed by atoms with van der Waals surface area (Å²) >= 11 is 0. The van der Waals surface area contributed by atoms with Gasteiger partial charge in [-0.3, -0.25) is 0 Å². The highest BCUT2D eigenvalue weighted by Crippen LogP contribution is 2.40. The van der Waals surface area contributed by atoms with Crippen molar-refractivity contribution in [3.8, 4) is 73.0 Å². The van der Waals surface area contributed by atoms with Crippen LogP contribution in [-0.4, -0.2) is 14.5 Å². The molecule has 0 fully saturated rings. The predicted octanol–water partition coefficient (Wildman–Crippen LogP) is 14.7. The van der Waals surface area contributed by atoms with Gasteiger partial charge in [0.15, 0.2) is 5.82 Å². The van der Waals surface area contributed by atoms with Gasteiger partial charge < -0.3 is 4.57 Å². The summed E-state index contributed by atoms with van der Waals surface area (Å²) in [6.07, 6.45) is 0. The Bertz CT molecular complexity index is 3140. The minimum absolute atomic E-state index is 0.709. The molecule has 11 aromatic rings. The van der Waals surface area contributed by atoms with E-state index in [2.05, 4.69) is 205 Å². The smallest absolute Gasteiger partial charge is 0.160 e. The van der Waals surface area contributed by atoms with Crippen LogP contribution in [0.4, 0.5) is 0 Å². The Kier molecular flexibility index (Phi) is 8.49. The molecule has 0 atom stereocenters. The lowest BCUT2D eigenvalue weighted by molar-refractivity contribution is 1.18. The van der Waals surface area contributed by atoms with Crippen molar-refractivity contribution in [2.45, 2.75) is 0 Å². The number of aromatic nitrogens is 3. The minimum Gasteiger partial charge on any atom is -0.309 e. The Hall–Kier alpha value is -7.88. The second kappa shape index (κ2) is 14.6. The van der Waals surface area contributed by atoms with Crippen LogP contribution in [0.2, 0.25) is 0 Å². The normalized spacial score (nSPS) is 11.4. The van der Waals surface area contributed by atoms with Crippen molar-refractivity contribution in [3.63, 3.8) is 0 Å². The van der Waals surface area contributed by atoms with Crippen LogP contribution in [-0.2, 0) is 0 Å². The van der Waals surface area contributed by atoms with Crippen LogP contribution in [0, 0.1) is 0 Å². The van der Waals surface area contributed by atoms with Gasteiger partial charge in [-0.25, -0.2) is 9.97 Å². The van der Waals surface area contributed by atoms with Gasteiger partial charge in [0.25, 0.3) is 0 Å². The van der Waals surface area contributed by atoms with Gasteiger partial charge in [0.1, 0.15) is 0 Å². The summed E-state index contributed by atoms with van der Waals surface area (Å²) in [5.41, 5.74) is 15.5. The van der Waals surface area contributed by atoms with Gasteiger partial charge in [-0.05, 0) is 86.6 Å². The molecule has 0 bridgehead atoms. The van der Waals surface area contributed by atoms with Crippen LogP contribution in [0.3, 0.4) is 0 Å². The van der Waals surface area contributed by atoms with Gasteiger partial charge in [0, 0.05) is 33.2 Å². The van der Waals surface area contributed by atoms with E-state index < -0.39 is 0 Å². The molecule has 3 heteroatoms. The van der Waals surface area contributed by atoms with Crippen LogP contribution in [0.1, 0.15) is 0 Å². The zero-order chi connectivity index (χ0) is 39.1. The maximum absolute atomic E-state index is 5.19. The summed E-state index contributed by atoms with van der Waals surface area (Å²) in [5, 5.41) is 4.78. The first kappa shape index (κ1) is 34.4.